The Hall–Kier alpha value is -1.82. The van der Waals surface area contributed by atoms with E-state index < -0.39 is 11.5 Å². The molecule has 1 aromatic heterocycles. The molecule has 0 amide bonds. The number of nitrogens with zero attached hydrogens (tertiary/aromatic N) is 2. The molecular formula is C12H13F2N3O. The van der Waals surface area contributed by atoms with Crippen LogP contribution in [-0.2, 0) is 12.2 Å². The van der Waals surface area contributed by atoms with Crippen molar-refractivity contribution in [1.29, 1.82) is 0 Å². The van der Waals surface area contributed by atoms with Crippen LogP contribution in [0.4, 0.5) is 8.78 Å². The fourth-order valence-corrected chi connectivity index (χ4v) is 1.76. The van der Waals surface area contributed by atoms with Crippen molar-refractivity contribution < 1.29 is 13.3 Å². The third-order valence-corrected chi connectivity index (χ3v) is 2.49. The first-order chi connectivity index (χ1) is 8.43. The smallest absolute Gasteiger partial charge is 0.240 e. The van der Waals surface area contributed by atoms with E-state index in [1.165, 1.54) is 26.0 Å². The number of rotatable bonds is 3. The van der Waals surface area contributed by atoms with Crippen LogP contribution in [0.15, 0.2) is 22.7 Å². The van der Waals surface area contributed by atoms with E-state index in [1.54, 1.807) is 6.07 Å². The third kappa shape index (κ3) is 2.24. The van der Waals surface area contributed by atoms with Gasteiger partial charge in [-0.25, -0.2) is 8.78 Å². The average Bonchev–Trinajstić information content (AvgIpc) is 2.75. The lowest BCUT2D eigenvalue weighted by Crippen LogP contribution is -2.14. The Morgan fingerprint density at radius 1 is 1.39 bits per heavy atom. The monoisotopic (exact) mass is 253 g/mol. The molecule has 2 aromatic rings. The van der Waals surface area contributed by atoms with Crippen molar-refractivity contribution in [3.8, 4) is 11.4 Å². The molecule has 0 aliphatic rings. The number of benzene rings is 1. The molecule has 0 saturated carbocycles. The normalized spacial score (nSPS) is 11.8. The van der Waals surface area contributed by atoms with E-state index >= 15 is 0 Å². The van der Waals surface area contributed by atoms with E-state index in [-0.39, 0.29) is 29.4 Å². The van der Waals surface area contributed by atoms with Gasteiger partial charge in [0.25, 0.3) is 0 Å². The molecule has 0 bridgehead atoms. The van der Waals surface area contributed by atoms with Gasteiger partial charge in [0, 0.05) is 11.1 Å². The van der Waals surface area contributed by atoms with Crippen molar-refractivity contribution in [3.05, 3.63) is 35.5 Å². The summed E-state index contributed by atoms with van der Waals surface area (Å²) in [4.78, 5) is 3.98. The summed E-state index contributed by atoms with van der Waals surface area (Å²) < 4.78 is 32.7. The van der Waals surface area contributed by atoms with Gasteiger partial charge < -0.3 is 10.3 Å². The SMILES string of the molecule is CC(C)(F)c1c(F)cccc1-c1noc(CN)n1. The van der Waals surface area contributed by atoms with Crippen LogP contribution in [0.25, 0.3) is 11.4 Å². The van der Waals surface area contributed by atoms with E-state index in [0.29, 0.717) is 0 Å². The summed E-state index contributed by atoms with van der Waals surface area (Å²) in [5, 5.41) is 3.67. The molecule has 1 heterocycles. The lowest BCUT2D eigenvalue weighted by Gasteiger charge is -2.18. The van der Waals surface area contributed by atoms with E-state index in [4.69, 9.17) is 10.3 Å². The first kappa shape index (κ1) is 12.6. The Labute approximate surface area is 103 Å². The standard InChI is InChI=1S/C12H13F2N3O/c1-12(2,14)10-7(4-3-5-8(10)13)11-16-9(6-15)18-17-11/h3-5H,6,15H2,1-2H3. The molecule has 0 aliphatic heterocycles. The summed E-state index contributed by atoms with van der Waals surface area (Å²) in [6.07, 6.45) is 0. The maximum Gasteiger partial charge on any atom is 0.240 e. The molecule has 0 unspecified atom stereocenters. The molecule has 0 fully saturated rings. The zero-order chi connectivity index (χ0) is 13.3. The fourth-order valence-electron chi connectivity index (χ4n) is 1.76. The molecule has 4 nitrogen and oxygen atoms in total. The molecular weight excluding hydrogens is 240 g/mol. The molecule has 2 N–H and O–H groups in total. The highest BCUT2D eigenvalue weighted by molar-refractivity contribution is 5.61. The molecule has 6 heteroatoms. The first-order valence-electron chi connectivity index (χ1n) is 5.44. The number of nitrogens with two attached hydrogens (primary N) is 1. The second-order valence-electron chi connectivity index (χ2n) is 4.35. The topological polar surface area (TPSA) is 64.9 Å². The molecule has 0 aliphatic carbocycles. The predicted octanol–water partition coefficient (Wildman–Crippen LogP) is 2.54. The highest BCUT2D eigenvalue weighted by atomic mass is 19.1. The van der Waals surface area contributed by atoms with Gasteiger partial charge in [-0.05, 0) is 19.9 Å². The van der Waals surface area contributed by atoms with Gasteiger partial charge in [-0.15, -0.1) is 0 Å². The molecule has 0 atom stereocenters. The van der Waals surface area contributed by atoms with Crippen molar-refractivity contribution in [1.82, 2.24) is 10.1 Å². The fraction of sp³-hybridized carbons (Fsp3) is 0.333. The van der Waals surface area contributed by atoms with Gasteiger partial charge in [-0.1, -0.05) is 17.3 Å². The Kier molecular flexibility index (Phi) is 3.13. The van der Waals surface area contributed by atoms with Crippen LogP contribution < -0.4 is 5.73 Å². The Morgan fingerprint density at radius 2 is 2.11 bits per heavy atom. The molecule has 1 aromatic carbocycles. The van der Waals surface area contributed by atoms with Crippen molar-refractivity contribution in [2.45, 2.75) is 26.1 Å². The van der Waals surface area contributed by atoms with E-state index in [9.17, 15) is 8.78 Å². The lowest BCUT2D eigenvalue weighted by atomic mass is 9.93. The molecule has 0 radical (unpaired) electrons. The minimum atomic E-state index is -1.84. The second-order valence-corrected chi connectivity index (χ2v) is 4.35. The maximum absolute atomic E-state index is 14.1. The number of hydrogen-bond donors (Lipinski definition) is 1. The maximum atomic E-state index is 14.1. The molecule has 2 rings (SSSR count). The number of alkyl halides is 1. The highest BCUT2D eigenvalue weighted by Crippen LogP contribution is 2.34. The number of hydrogen-bond acceptors (Lipinski definition) is 4. The largest absolute Gasteiger partial charge is 0.338 e. The predicted molar refractivity (Wildman–Crippen MR) is 61.7 cm³/mol. The van der Waals surface area contributed by atoms with Crippen LogP contribution >= 0.6 is 0 Å². The van der Waals surface area contributed by atoms with Crippen LogP contribution in [0.2, 0.25) is 0 Å². The minimum absolute atomic E-state index is 0.0800. The molecule has 96 valence electrons. The molecule has 18 heavy (non-hydrogen) atoms. The summed E-state index contributed by atoms with van der Waals surface area (Å²) in [7, 11) is 0. The van der Waals surface area contributed by atoms with E-state index in [1.807, 2.05) is 0 Å². The van der Waals surface area contributed by atoms with Crippen LogP contribution in [0, 0.1) is 5.82 Å². The zero-order valence-electron chi connectivity index (χ0n) is 10.1. The zero-order valence-corrected chi connectivity index (χ0v) is 10.1. The van der Waals surface area contributed by atoms with Gasteiger partial charge in [0.1, 0.15) is 11.5 Å². The number of halogens is 2. The summed E-state index contributed by atoms with van der Waals surface area (Å²) >= 11 is 0. The van der Waals surface area contributed by atoms with Crippen molar-refractivity contribution in [3.63, 3.8) is 0 Å². The Morgan fingerprint density at radius 3 is 2.67 bits per heavy atom. The quantitative estimate of drug-likeness (QED) is 0.912. The lowest BCUT2D eigenvalue weighted by molar-refractivity contribution is 0.214. The van der Waals surface area contributed by atoms with Crippen molar-refractivity contribution in [2.75, 3.05) is 0 Å². The van der Waals surface area contributed by atoms with Gasteiger partial charge in [-0.2, -0.15) is 4.98 Å². The van der Waals surface area contributed by atoms with E-state index in [0.717, 1.165) is 0 Å². The minimum Gasteiger partial charge on any atom is -0.338 e. The van der Waals surface area contributed by atoms with Crippen molar-refractivity contribution >= 4 is 0 Å². The molecule has 0 spiro atoms. The van der Waals surface area contributed by atoms with Gasteiger partial charge in [0.2, 0.25) is 11.7 Å². The van der Waals surface area contributed by atoms with Crippen LogP contribution in [0.1, 0.15) is 25.3 Å². The van der Waals surface area contributed by atoms with Gasteiger partial charge in [0.15, 0.2) is 0 Å². The highest BCUT2D eigenvalue weighted by Gasteiger charge is 2.28. The van der Waals surface area contributed by atoms with Crippen LogP contribution in [0.3, 0.4) is 0 Å². The first-order valence-corrected chi connectivity index (χ1v) is 5.44. The summed E-state index contributed by atoms with van der Waals surface area (Å²) in [5.41, 5.74) is 3.69. The molecule has 0 saturated heterocycles. The summed E-state index contributed by atoms with van der Waals surface area (Å²) in [5.74, 6) is -0.286. The Bertz CT molecular complexity index is 561. The number of aromatic nitrogens is 2. The van der Waals surface area contributed by atoms with Gasteiger partial charge >= 0.3 is 0 Å². The summed E-state index contributed by atoms with van der Waals surface area (Å²) in [6.45, 7) is 2.63. The Balaban J connectivity index is 2.60. The van der Waals surface area contributed by atoms with Gasteiger partial charge in [-0.3, -0.25) is 0 Å². The second kappa shape index (κ2) is 4.45. The van der Waals surface area contributed by atoms with Gasteiger partial charge in [0.05, 0.1) is 6.54 Å². The average molecular weight is 253 g/mol. The van der Waals surface area contributed by atoms with Crippen LogP contribution in [0.5, 0.6) is 0 Å². The summed E-state index contributed by atoms with van der Waals surface area (Å²) in [6, 6.07) is 4.22. The van der Waals surface area contributed by atoms with Crippen molar-refractivity contribution in [2.24, 2.45) is 5.73 Å². The van der Waals surface area contributed by atoms with E-state index in [2.05, 4.69) is 10.1 Å². The third-order valence-electron chi connectivity index (χ3n) is 2.49. The van der Waals surface area contributed by atoms with Crippen LogP contribution in [-0.4, -0.2) is 10.1 Å².